The minimum Gasteiger partial charge on any atom is -0.478 e. The van der Waals surface area contributed by atoms with E-state index in [0.29, 0.717) is 5.69 Å². The third-order valence-corrected chi connectivity index (χ3v) is 5.03. The molecule has 0 fully saturated rings. The van der Waals surface area contributed by atoms with Crippen LogP contribution in [0.5, 0.6) is 0 Å². The van der Waals surface area contributed by atoms with Crippen molar-refractivity contribution in [3.63, 3.8) is 0 Å². The molecule has 0 saturated heterocycles. The predicted molar refractivity (Wildman–Crippen MR) is 92.1 cm³/mol. The molecule has 26 heavy (non-hydrogen) atoms. The minimum atomic E-state index is -1.23. The highest BCUT2D eigenvalue weighted by molar-refractivity contribution is 7.08. The van der Waals surface area contributed by atoms with Crippen LogP contribution >= 0.6 is 11.3 Å². The maximum absolute atomic E-state index is 13.7. The highest BCUT2D eigenvalue weighted by Gasteiger charge is 2.34. The number of carbonyl (C=O) groups excluding carboxylic acids is 1. The fraction of sp³-hybridized carbons (Fsp3) is 0.111. The van der Waals surface area contributed by atoms with Crippen LogP contribution in [0.25, 0.3) is 5.69 Å². The number of hydrogen-bond acceptors (Lipinski definition) is 3. The number of rotatable bonds is 3. The Hall–Kier alpha value is -3.00. The van der Waals surface area contributed by atoms with Gasteiger partial charge in [0.15, 0.2) is 0 Å². The number of carboxylic acid groups (broad SMARTS) is 1. The molecule has 2 N–H and O–H groups in total. The van der Waals surface area contributed by atoms with Gasteiger partial charge in [-0.1, -0.05) is 0 Å². The summed E-state index contributed by atoms with van der Waals surface area (Å²) < 4.78 is 28.8. The SMILES string of the molecule is O=C1CC(c2ccsc2)c2c(c(C(=O)O)cn2-c2cc(F)cc(F)c2)N1. The molecule has 0 radical (unpaired) electrons. The van der Waals surface area contributed by atoms with Crippen LogP contribution < -0.4 is 5.32 Å². The third kappa shape index (κ3) is 2.68. The summed E-state index contributed by atoms with van der Waals surface area (Å²) in [5, 5.41) is 15.8. The molecule has 4 rings (SSSR count). The molecule has 0 bridgehead atoms. The Morgan fingerprint density at radius 1 is 1.27 bits per heavy atom. The van der Waals surface area contributed by atoms with Crippen molar-refractivity contribution in [2.24, 2.45) is 0 Å². The molecule has 1 aromatic carbocycles. The standard InChI is InChI=1S/C18H12F2N2O3S/c19-10-3-11(20)5-12(4-10)22-7-14(18(24)25)16-17(22)13(6-15(23)21-16)9-1-2-26-8-9/h1-5,7-8,13H,6H2,(H,21,23)(H,24,25). The van der Waals surface area contributed by atoms with Gasteiger partial charge in [-0.15, -0.1) is 0 Å². The smallest absolute Gasteiger partial charge is 0.339 e. The first-order chi connectivity index (χ1) is 12.4. The summed E-state index contributed by atoms with van der Waals surface area (Å²) in [7, 11) is 0. The maximum atomic E-state index is 13.7. The summed E-state index contributed by atoms with van der Waals surface area (Å²) in [5.41, 5.74) is 1.53. The lowest BCUT2D eigenvalue weighted by Gasteiger charge is -2.25. The Morgan fingerprint density at radius 3 is 2.62 bits per heavy atom. The average Bonchev–Trinajstić information content (AvgIpc) is 3.21. The average molecular weight is 374 g/mol. The first kappa shape index (κ1) is 16.5. The van der Waals surface area contributed by atoms with Gasteiger partial charge >= 0.3 is 5.97 Å². The van der Waals surface area contributed by atoms with Gasteiger partial charge in [0.25, 0.3) is 0 Å². The number of anilines is 1. The minimum absolute atomic E-state index is 0.116. The summed E-state index contributed by atoms with van der Waals surface area (Å²) in [5.74, 6) is -3.50. The predicted octanol–water partition coefficient (Wildman–Crippen LogP) is 3.99. The van der Waals surface area contributed by atoms with E-state index < -0.39 is 23.5 Å². The van der Waals surface area contributed by atoms with Crippen molar-refractivity contribution >= 4 is 28.9 Å². The van der Waals surface area contributed by atoms with Crippen molar-refractivity contribution in [2.45, 2.75) is 12.3 Å². The Balaban J connectivity index is 2.00. The van der Waals surface area contributed by atoms with Crippen LogP contribution in [0.2, 0.25) is 0 Å². The number of fused-ring (bicyclic) bond motifs is 1. The molecule has 1 atom stereocenters. The summed E-state index contributed by atoms with van der Waals surface area (Å²) in [4.78, 5) is 23.8. The first-order valence-electron chi connectivity index (χ1n) is 7.71. The van der Waals surface area contributed by atoms with Crippen molar-refractivity contribution < 1.29 is 23.5 Å². The van der Waals surface area contributed by atoms with E-state index >= 15 is 0 Å². The van der Waals surface area contributed by atoms with E-state index in [1.54, 1.807) is 0 Å². The second kappa shape index (κ2) is 6.06. The zero-order chi connectivity index (χ0) is 18.4. The number of thiophene rings is 1. The molecule has 0 spiro atoms. The molecule has 1 amide bonds. The maximum Gasteiger partial charge on any atom is 0.339 e. The number of aromatic nitrogens is 1. The van der Waals surface area contributed by atoms with E-state index in [0.717, 1.165) is 23.8 Å². The fourth-order valence-corrected chi connectivity index (χ4v) is 3.98. The van der Waals surface area contributed by atoms with E-state index in [4.69, 9.17) is 0 Å². The second-order valence-corrected chi connectivity index (χ2v) is 6.75. The van der Waals surface area contributed by atoms with E-state index in [2.05, 4.69) is 5.32 Å². The molecule has 1 aliphatic rings. The van der Waals surface area contributed by atoms with E-state index in [-0.39, 0.29) is 29.3 Å². The molecule has 2 aromatic heterocycles. The molecule has 5 nitrogen and oxygen atoms in total. The number of halogens is 2. The lowest BCUT2D eigenvalue weighted by molar-refractivity contribution is -0.116. The summed E-state index contributed by atoms with van der Waals surface area (Å²) in [6.45, 7) is 0. The molecule has 132 valence electrons. The number of amides is 1. The number of carboxylic acids is 1. The van der Waals surface area contributed by atoms with Gasteiger partial charge in [0.05, 0.1) is 17.1 Å². The third-order valence-electron chi connectivity index (χ3n) is 4.33. The number of hydrogen-bond donors (Lipinski definition) is 2. The van der Waals surface area contributed by atoms with Crippen LogP contribution in [0.3, 0.4) is 0 Å². The zero-order valence-corrected chi connectivity index (χ0v) is 14.0. The summed E-state index contributed by atoms with van der Waals surface area (Å²) in [6.07, 6.45) is 1.40. The van der Waals surface area contributed by atoms with Crippen LogP contribution in [0.15, 0.2) is 41.2 Å². The topological polar surface area (TPSA) is 71.3 Å². The lowest BCUT2D eigenvalue weighted by Crippen LogP contribution is -2.25. The molecule has 8 heteroatoms. The van der Waals surface area contributed by atoms with Crippen LogP contribution in [0.4, 0.5) is 14.5 Å². The number of benzene rings is 1. The molecule has 1 aliphatic heterocycles. The Bertz CT molecular complexity index is 1010. The van der Waals surface area contributed by atoms with Crippen molar-refractivity contribution in [1.82, 2.24) is 4.57 Å². The number of nitrogens with one attached hydrogen (secondary N) is 1. The summed E-state index contributed by atoms with van der Waals surface area (Å²) >= 11 is 1.45. The van der Waals surface area contributed by atoms with Crippen LogP contribution in [-0.2, 0) is 4.79 Å². The number of aromatic carboxylic acids is 1. The van der Waals surface area contributed by atoms with Crippen molar-refractivity contribution in [1.29, 1.82) is 0 Å². The quantitative estimate of drug-likeness (QED) is 0.728. The summed E-state index contributed by atoms with van der Waals surface area (Å²) in [6, 6.07) is 4.84. The van der Waals surface area contributed by atoms with Crippen molar-refractivity contribution in [2.75, 3.05) is 5.32 Å². The monoisotopic (exact) mass is 374 g/mol. The molecule has 1 unspecified atom stereocenters. The Labute approximate surface area is 150 Å². The molecule has 0 saturated carbocycles. The van der Waals surface area contributed by atoms with Crippen molar-refractivity contribution in [3.8, 4) is 5.69 Å². The zero-order valence-electron chi connectivity index (χ0n) is 13.2. The first-order valence-corrected chi connectivity index (χ1v) is 8.65. The van der Waals surface area contributed by atoms with E-state index in [9.17, 15) is 23.5 Å². The largest absolute Gasteiger partial charge is 0.478 e. The van der Waals surface area contributed by atoms with Gasteiger partial charge in [0, 0.05) is 24.6 Å². The van der Waals surface area contributed by atoms with Gasteiger partial charge in [0.2, 0.25) is 5.91 Å². The van der Waals surface area contributed by atoms with Gasteiger partial charge < -0.3 is 15.0 Å². The molecular weight excluding hydrogens is 362 g/mol. The van der Waals surface area contributed by atoms with Gasteiger partial charge in [-0.25, -0.2) is 13.6 Å². The lowest BCUT2D eigenvalue weighted by atomic mass is 9.90. The van der Waals surface area contributed by atoms with E-state index in [1.807, 2.05) is 16.8 Å². The van der Waals surface area contributed by atoms with Crippen molar-refractivity contribution in [3.05, 3.63) is 69.7 Å². The number of nitrogens with zero attached hydrogens (tertiary/aromatic N) is 1. The van der Waals surface area contributed by atoms with Gasteiger partial charge in [-0.2, -0.15) is 11.3 Å². The van der Waals surface area contributed by atoms with Crippen LogP contribution in [-0.4, -0.2) is 21.6 Å². The second-order valence-electron chi connectivity index (χ2n) is 5.97. The van der Waals surface area contributed by atoms with Crippen LogP contribution in [0, 0.1) is 11.6 Å². The molecule has 3 heterocycles. The Morgan fingerprint density at radius 2 is 2.00 bits per heavy atom. The van der Waals surface area contributed by atoms with E-state index in [1.165, 1.54) is 22.1 Å². The van der Waals surface area contributed by atoms with Crippen LogP contribution in [0.1, 0.15) is 34.0 Å². The highest BCUT2D eigenvalue weighted by Crippen LogP contribution is 2.42. The fourth-order valence-electron chi connectivity index (χ4n) is 3.27. The molecule has 0 aliphatic carbocycles. The molecule has 3 aromatic rings. The van der Waals surface area contributed by atoms with Gasteiger partial charge in [0.1, 0.15) is 17.2 Å². The normalized spacial score (nSPS) is 16.2. The van der Waals surface area contributed by atoms with Gasteiger partial charge in [-0.05, 0) is 34.5 Å². The highest BCUT2D eigenvalue weighted by atomic mass is 32.1. The van der Waals surface area contributed by atoms with Gasteiger partial charge in [-0.3, -0.25) is 4.79 Å². The Kier molecular flexibility index (Phi) is 3.84. The molecular formula is C18H12F2N2O3S. The number of carbonyl (C=O) groups is 2.